The van der Waals surface area contributed by atoms with Crippen LogP contribution in [0, 0.1) is 0 Å². The van der Waals surface area contributed by atoms with E-state index in [9.17, 15) is 4.79 Å². The predicted molar refractivity (Wildman–Crippen MR) is 59.1 cm³/mol. The van der Waals surface area contributed by atoms with Gasteiger partial charge < -0.3 is 4.74 Å². The van der Waals surface area contributed by atoms with E-state index in [0.717, 1.165) is 16.5 Å². The summed E-state index contributed by atoms with van der Waals surface area (Å²) in [5.41, 5.74) is 0.981. The van der Waals surface area contributed by atoms with Crippen molar-refractivity contribution in [2.75, 3.05) is 6.61 Å². The van der Waals surface area contributed by atoms with Crippen molar-refractivity contribution in [2.45, 2.75) is 19.8 Å². The fourth-order valence-electron chi connectivity index (χ4n) is 1.04. The number of rotatable bonds is 4. The largest absolute Gasteiger partial charge is 0.465 e. The molecule has 0 aliphatic rings. The topological polar surface area (TPSA) is 26.3 Å². The van der Waals surface area contributed by atoms with Crippen molar-refractivity contribution in [3.63, 3.8) is 0 Å². The summed E-state index contributed by atoms with van der Waals surface area (Å²) in [4.78, 5) is 11.2. The van der Waals surface area contributed by atoms with Crippen LogP contribution in [-0.2, 0) is 16.0 Å². The molecule has 0 saturated carbocycles. The minimum atomic E-state index is -0.158. The van der Waals surface area contributed by atoms with E-state index in [4.69, 9.17) is 4.74 Å². The molecular formula is C11H13BrO2. The Bertz CT molecular complexity index is 293. The molecule has 0 spiro atoms. The monoisotopic (exact) mass is 256 g/mol. The molecule has 2 nitrogen and oxygen atoms in total. The van der Waals surface area contributed by atoms with Crippen LogP contribution in [0.4, 0.5) is 0 Å². The zero-order valence-corrected chi connectivity index (χ0v) is 9.71. The lowest BCUT2D eigenvalue weighted by molar-refractivity contribution is -0.142. The minimum absolute atomic E-state index is 0.158. The molecule has 0 heterocycles. The molecule has 0 amide bonds. The average molecular weight is 257 g/mol. The molecule has 0 fully saturated rings. The number of esters is 1. The molecule has 0 saturated heterocycles. The van der Waals surface area contributed by atoms with Gasteiger partial charge in [-0.1, -0.05) is 35.0 Å². The highest BCUT2D eigenvalue weighted by molar-refractivity contribution is 9.10. The number of carbonyl (C=O) groups excluding carboxylic acids is 1. The molecule has 0 aromatic heterocycles. The Morgan fingerprint density at radius 3 is 2.57 bits per heavy atom. The van der Waals surface area contributed by atoms with E-state index in [1.54, 1.807) is 0 Å². The van der Waals surface area contributed by atoms with Crippen molar-refractivity contribution in [1.82, 2.24) is 0 Å². The Balaban J connectivity index is 2.44. The van der Waals surface area contributed by atoms with Gasteiger partial charge >= 0.3 is 5.97 Å². The summed E-state index contributed by atoms with van der Waals surface area (Å²) < 4.78 is 5.99. The molecule has 76 valence electrons. The molecule has 3 heteroatoms. The molecular weight excluding hydrogens is 244 g/mol. The molecule has 1 rings (SSSR count). The first kappa shape index (κ1) is 11.2. The van der Waals surface area contributed by atoms with Crippen LogP contribution in [0.25, 0.3) is 0 Å². The maximum absolute atomic E-state index is 11.2. The normalized spacial score (nSPS) is 9.86. The molecule has 0 radical (unpaired) electrons. The van der Waals surface area contributed by atoms with Crippen LogP contribution in [0.5, 0.6) is 0 Å². The SMILES string of the molecule is CCCOC(=O)Cc1ccc(Br)cc1. The number of ether oxygens (including phenoxy) is 1. The van der Waals surface area contributed by atoms with E-state index >= 15 is 0 Å². The van der Waals surface area contributed by atoms with Crippen molar-refractivity contribution in [3.05, 3.63) is 34.3 Å². The third-order valence-electron chi connectivity index (χ3n) is 1.73. The molecule has 0 bridgehead atoms. The number of hydrogen-bond acceptors (Lipinski definition) is 2. The molecule has 1 aromatic carbocycles. The van der Waals surface area contributed by atoms with Crippen molar-refractivity contribution in [1.29, 1.82) is 0 Å². The highest BCUT2D eigenvalue weighted by Crippen LogP contribution is 2.11. The van der Waals surface area contributed by atoms with Crippen LogP contribution < -0.4 is 0 Å². The highest BCUT2D eigenvalue weighted by Gasteiger charge is 2.03. The number of hydrogen-bond donors (Lipinski definition) is 0. The molecule has 0 atom stereocenters. The lowest BCUT2D eigenvalue weighted by atomic mass is 10.2. The van der Waals surface area contributed by atoms with Gasteiger partial charge in [-0.2, -0.15) is 0 Å². The molecule has 0 aliphatic heterocycles. The Hall–Kier alpha value is -0.830. The predicted octanol–water partition coefficient (Wildman–Crippen LogP) is 2.94. The quantitative estimate of drug-likeness (QED) is 0.775. The molecule has 0 aliphatic carbocycles. The summed E-state index contributed by atoms with van der Waals surface area (Å²) in [5, 5.41) is 0. The van der Waals surface area contributed by atoms with Gasteiger partial charge in [0, 0.05) is 4.47 Å². The van der Waals surface area contributed by atoms with Crippen molar-refractivity contribution in [2.24, 2.45) is 0 Å². The second kappa shape index (κ2) is 5.81. The van der Waals surface area contributed by atoms with Crippen LogP contribution in [0.3, 0.4) is 0 Å². The summed E-state index contributed by atoms with van der Waals surface area (Å²) in [7, 11) is 0. The number of benzene rings is 1. The van der Waals surface area contributed by atoms with E-state index in [0.29, 0.717) is 13.0 Å². The lowest BCUT2D eigenvalue weighted by Gasteiger charge is -2.02. The van der Waals surface area contributed by atoms with Gasteiger partial charge in [0.05, 0.1) is 13.0 Å². The Labute approximate surface area is 92.4 Å². The Morgan fingerprint density at radius 2 is 2.00 bits per heavy atom. The fourth-order valence-corrected chi connectivity index (χ4v) is 1.30. The second-order valence-electron chi connectivity index (χ2n) is 3.02. The van der Waals surface area contributed by atoms with E-state index in [1.807, 2.05) is 31.2 Å². The average Bonchev–Trinajstić information content (AvgIpc) is 2.18. The van der Waals surface area contributed by atoms with E-state index in [2.05, 4.69) is 15.9 Å². The second-order valence-corrected chi connectivity index (χ2v) is 3.94. The van der Waals surface area contributed by atoms with Gasteiger partial charge in [-0.15, -0.1) is 0 Å². The van der Waals surface area contributed by atoms with Gasteiger partial charge in [0.2, 0.25) is 0 Å². The molecule has 0 unspecified atom stereocenters. The summed E-state index contributed by atoms with van der Waals surface area (Å²) in [6, 6.07) is 7.67. The minimum Gasteiger partial charge on any atom is -0.465 e. The van der Waals surface area contributed by atoms with Gasteiger partial charge in [0.25, 0.3) is 0 Å². The van der Waals surface area contributed by atoms with Crippen LogP contribution in [0.2, 0.25) is 0 Å². The van der Waals surface area contributed by atoms with Crippen LogP contribution in [-0.4, -0.2) is 12.6 Å². The maximum Gasteiger partial charge on any atom is 0.310 e. The molecule has 1 aromatic rings. The smallest absolute Gasteiger partial charge is 0.310 e. The summed E-state index contributed by atoms with van der Waals surface area (Å²) in [6.45, 7) is 2.49. The third-order valence-corrected chi connectivity index (χ3v) is 2.26. The number of carbonyl (C=O) groups is 1. The van der Waals surface area contributed by atoms with Gasteiger partial charge in [-0.3, -0.25) is 4.79 Å². The van der Waals surface area contributed by atoms with Crippen molar-refractivity contribution >= 4 is 21.9 Å². The number of halogens is 1. The lowest BCUT2D eigenvalue weighted by Crippen LogP contribution is -2.08. The van der Waals surface area contributed by atoms with Crippen LogP contribution in [0.15, 0.2) is 28.7 Å². The maximum atomic E-state index is 11.2. The Morgan fingerprint density at radius 1 is 1.36 bits per heavy atom. The first-order valence-corrected chi connectivity index (χ1v) is 5.41. The molecule has 0 N–H and O–H groups in total. The first-order chi connectivity index (χ1) is 6.72. The third kappa shape index (κ3) is 3.92. The van der Waals surface area contributed by atoms with Gasteiger partial charge in [0.15, 0.2) is 0 Å². The zero-order valence-electron chi connectivity index (χ0n) is 8.13. The van der Waals surface area contributed by atoms with Gasteiger partial charge in [-0.05, 0) is 24.1 Å². The van der Waals surface area contributed by atoms with Crippen molar-refractivity contribution < 1.29 is 9.53 Å². The van der Waals surface area contributed by atoms with Crippen LogP contribution >= 0.6 is 15.9 Å². The van der Waals surface area contributed by atoms with E-state index < -0.39 is 0 Å². The van der Waals surface area contributed by atoms with Gasteiger partial charge in [-0.25, -0.2) is 0 Å². The van der Waals surface area contributed by atoms with Gasteiger partial charge in [0.1, 0.15) is 0 Å². The van der Waals surface area contributed by atoms with E-state index in [1.165, 1.54) is 0 Å². The summed E-state index contributed by atoms with van der Waals surface area (Å²) in [6.07, 6.45) is 1.22. The zero-order chi connectivity index (χ0) is 10.4. The Kier molecular flexibility index (Phi) is 4.66. The summed E-state index contributed by atoms with van der Waals surface area (Å²) in [5.74, 6) is -0.158. The van der Waals surface area contributed by atoms with Crippen molar-refractivity contribution in [3.8, 4) is 0 Å². The fraction of sp³-hybridized carbons (Fsp3) is 0.364. The van der Waals surface area contributed by atoms with E-state index in [-0.39, 0.29) is 5.97 Å². The first-order valence-electron chi connectivity index (χ1n) is 4.62. The van der Waals surface area contributed by atoms with Crippen LogP contribution in [0.1, 0.15) is 18.9 Å². The highest BCUT2D eigenvalue weighted by atomic mass is 79.9. The molecule has 14 heavy (non-hydrogen) atoms. The standard InChI is InChI=1S/C11H13BrO2/c1-2-7-14-11(13)8-9-3-5-10(12)6-4-9/h3-6H,2,7-8H2,1H3. The summed E-state index contributed by atoms with van der Waals surface area (Å²) >= 11 is 3.34.